The van der Waals surface area contributed by atoms with Crippen molar-refractivity contribution in [3.05, 3.63) is 59.7 Å². The first-order valence-corrected chi connectivity index (χ1v) is 6.48. The number of Topliss-reactive ketones (excluding diaryl/α,β-unsaturated/α-hetero) is 1. The number of carboxylic acids is 1. The molecular weight excluding hydrogens is 252 g/mol. The van der Waals surface area contributed by atoms with Gasteiger partial charge in [-0.05, 0) is 36.1 Å². The van der Waals surface area contributed by atoms with Crippen LogP contribution in [0, 0.1) is 0 Å². The van der Waals surface area contributed by atoms with Crippen LogP contribution in [0.5, 0.6) is 0 Å². The van der Waals surface area contributed by atoms with E-state index in [0.717, 1.165) is 16.7 Å². The fourth-order valence-corrected chi connectivity index (χ4v) is 2.03. The molecule has 3 nitrogen and oxygen atoms in total. The van der Waals surface area contributed by atoms with Crippen molar-refractivity contribution in [3.8, 4) is 11.1 Å². The molecule has 20 heavy (non-hydrogen) atoms. The van der Waals surface area contributed by atoms with E-state index >= 15 is 0 Å². The third-order valence-electron chi connectivity index (χ3n) is 3.18. The van der Waals surface area contributed by atoms with E-state index < -0.39 is 5.97 Å². The number of hydrogen-bond donors (Lipinski definition) is 1. The van der Waals surface area contributed by atoms with Crippen LogP contribution in [0.25, 0.3) is 11.1 Å². The standard InChI is InChI=1S/C17H16O3/c1-12(18)15-3-2-4-16(11-15)14-8-5-13(6-9-14)7-10-17(19)20/h2-6,8-9,11H,7,10H2,1H3,(H,19,20). The van der Waals surface area contributed by atoms with E-state index in [0.29, 0.717) is 12.0 Å². The highest BCUT2D eigenvalue weighted by Crippen LogP contribution is 2.21. The smallest absolute Gasteiger partial charge is 0.303 e. The molecule has 1 N–H and O–H groups in total. The number of aliphatic carboxylic acids is 1. The lowest BCUT2D eigenvalue weighted by Gasteiger charge is -2.05. The number of carbonyl (C=O) groups is 2. The van der Waals surface area contributed by atoms with Crippen LogP contribution in [0.2, 0.25) is 0 Å². The molecule has 0 saturated heterocycles. The van der Waals surface area contributed by atoms with Crippen LogP contribution < -0.4 is 0 Å². The molecule has 0 aliphatic carbocycles. The highest BCUT2D eigenvalue weighted by molar-refractivity contribution is 5.95. The fourth-order valence-electron chi connectivity index (χ4n) is 2.03. The Bertz CT molecular complexity index is 627. The Kier molecular flexibility index (Phi) is 4.31. The second-order valence-electron chi connectivity index (χ2n) is 4.73. The fraction of sp³-hybridized carbons (Fsp3) is 0.176. The van der Waals surface area contributed by atoms with Crippen LogP contribution in [0.15, 0.2) is 48.5 Å². The summed E-state index contributed by atoms with van der Waals surface area (Å²) >= 11 is 0. The normalized spacial score (nSPS) is 10.2. The van der Waals surface area contributed by atoms with Crippen molar-refractivity contribution in [1.29, 1.82) is 0 Å². The Hall–Kier alpha value is -2.42. The van der Waals surface area contributed by atoms with Gasteiger partial charge in [-0.2, -0.15) is 0 Å². The van der Waals surface area contributed by atoms with Crippen LogP contribution in [0.4, 0.5) is 0 Å². The van der Waals surface area contributed by atoms with Crippen molar-refractivity contribution in [2.75, 3.05) is 0 Å². The maximum absolute atomic E-state index is 11.4. The van der Waals surface area contributed by atoms with E-state index in [1.54, 1.807) is 13.0 Å². The molecule has 0 aromatic heterocycles. The maximum atomic E-state index is 11.4. The Labute approximate surface area is 117 Å². The summed E-state index contributed by atoms with van der Waals surface area (Å²) in [5.41, 5.74) is 3.70. The number of ketones is 1. The lowest BCUT2D eigenvalue weighted by molar-refractivity contribution is -0.136. The minimum absolute atomic E-state index is 0.0462. The van der Waals surface area contributed by atoms with Gasteiger partial charge in [-0.1, -0.05) is 42.5 Å². The second kappa shape index (κ2) is 6.15. The van der Waals surface area contributed by atoms with E-state index in [1.807, 2.05) is 42.5 Å². The zero-order valence-electron chi connectivity index (χ0n) is 11.3. The van der Waals surface area contributed by atoms with Crippen molar-refractivity contribution < 1.29 is 14.7 Å². The van der Waals surface area contributed by atoms with Gasteiger partial charge in [0.05, 0.1) is 0 Å². The SMILES string of the molecule is CC(=O)c1cccc(-c2ccc(CCC(=O)O)cc2)c1. The zero-order valence-corrected chi connectivity index (χ0v) is 11.3. The van der Waals surface area contributed by atoms with Gasteiger partial charge in [-0.25, -0.2) is 0 Å². The summed E-state index contributed by atoms with van der Waals surface area (Å²) in [6.45, 7) is 1.55. The summed E-state index contributed by atoms with van der Waals surface area (Å²) in [5.74, 6) is -0.742. The van der Waals surface area contributed by atoms with E-state index in [1.165, 1.54) is 0 Å². The van der Waals surface area contributed by atoms with Gasteiger partial charge in [0.2, 0.25) is 0 Å². The van der Waals surface area contributed by atoms with Crippen LogP contribution in [-0.4, -0.2) is 16.9 Å². The van der Waals surface area contributed by atoms with Gasteiger partial charge < -0.3 is 5.11 Å². The van der Waals surface area contributed by atoms with Crippen LogP contribution >= 0.6 is 0 Å². The molecule has 0 fully saturated rings. The minimum atomic E-state index is -0.789. The van der Waals surface area contributed by atoms with Crippen molar-refractivity contribution >= 4 is 11.8 Å². The Balaban J connectivity index is 2.19. The number of hydrogen-bond acceptors (Lipinski definition) is 2. The zero-order chi connectivity index (χ0) is 14.5. The van der Waals surface area contributed by atoms with Crippen molar-refractivity contribution in [1.82, 2.24) is 0 Å². The van der Waals surface area contributed by atoms with Gasteiger partial charge in [-0.15, -0.1) is 0 Å². The van der Waals surface area contributed by atoms with Gasteiger partial charge in [0.15, 0.2) is 5.78 Å². The van der Waals surface area contributed by atoms with Crippen LogP contribution in [0.3, 0.4) is 0 Å². The molecule has 3 heteroatoms. The van der Waals surface area contributed by atoms with Gasteiger partial charge in [0.1, 0.15) is 0 Å². The number of benzene rings is 2. The van der Waals surface area contributed by atoms with E-state index in [9.17, 15) is 9.59 Å². The molecule has 0 aliphatic heterocycles. The predicted molar refractivity (Wildman–Crippen MR) is 77.8 cm³/mol. The predicted octanol–water partition coefficient (Wildman–Crippen LogP) is 3.57. The molecule has 0 spiro atoms. The Morgan fingerprint density at radius 1 is 1.00 bits per heavy atom. The summed E-state index contributed by atoms with van der Waals surface area (Å²) in [6.07, 6.45) is 0.669. The van der Waals surface area contributed by atoms with Crippen molar-refractivity contribution in [3.63, 3.8) is 0 Å². The molecular formula is C17H16O3. The number of aryl methyl sites for hydroxylation is 1. The Morgan fingerprint density at radius 3 is 2.30 bits per heavy atom. The average molecular weight is 268 g/mol. The molecule has 2 rings (SSSR count). The summed E-state index contributed by atoms with van der Waals surface area (Å²) in [7, 11) is 0. The molecule has 0 bridgehead atoms. The quantitative estimate of drug-likeness (QED) is 0.843. The minimum Gasteiger partial charge on any atom is -0.481 e. The highest BCUT2D eigenvalue weighted by atomic mass is 16.4. The summed E-state index contributed by atoms with van der Waals surface area (Å²) in [5, 5.41) is 8.66. The third-order valence-corrected chi connectivity index (χ3v) is 3.18. The van der Waals surface area contributed by atoms with E-state index in [-0.39, 0.29) is 12.2 Å². The first kappa shape index (κ1) is 14.0. The first-order chi connectivity index (χ1) is 9.56. The molecule has 0 radical (unpaired) electrons. The summed E-state index contributed by atoms with van der Waals surface area (Å²) in [6, 6.07) is 15.3. The lowest BCUT2D eigenvalue weighted by Crippen LogP contribution is -1.97. The molecule has 2 aromatic carbocycles. The van der Waals surface area contributed by atoms with Crippen molar-refractivity contribution in [2.45, 2.75) is 19.8 Å². The molecule has 0 saturated carbocycles. The monoisotopic (exact) mass is 268 g/mol. The van der Waals surface area contributed by atoms with E-state index in [2.05, 4.69) is 0 Å². The van der Waals surface area contributed by atoms with Crippen molar-refractivity contribution in [2.24, 2.45) is 0 Å². The average Bonchev–Trinajstić information content (AvgIpc) is 2.46. The largest absolute Gasteiger partial charge is 0.481 e. The first-order valence-electron chi connectivity index (χ1n) is 6.48. The van der Waals surface area contributed by atoms with Gasteiger partial charge in [0, 0.05) is 12.0 Å². The second-order valence-corrected chi connectivity index (χ2v) is 4.73. The summed E-state index contributed by atoms with van der Waals surface area (Å²) < 4.78 is 0. The van der Waals surface area contributed by atoms with Crippen LogP contribution in [0.1, 0.15) is 29.3 Å². The maximum Gasteiger partial charge on any atom is 0.303 e. The molecule has 0 aliphatic rings. The van der Waals surface area contributed by atoms with Gasteiger partial charge in [-0.3, -0.25) is 9.59 Å². The molecule has 2 aromatic rings. The third kappa shape index (κ3) is 3.54. The van der Waals surface area contributed by atoms with Crippen LogP contribution in [-0.2, 0) is 11.2 Å². The van der Waals surface area contributed by atoms with Gasteiger partial charge in [0.25, 0.3) is 0 Å². The molecule has 0 unspecified atom stereocenters. The number of carbonyl (C=O) groups excluding carboxylic acids is 1. The summed E-state index contributed by atoms with van der Waals surface area (Å²) in [4.78, 5) is 21.9. The number of carboxylic acid groups (broad SMARTS) is 1. The highest BCUT2D eigenvalue weighted by Gasteiger charge is 2.03. The molecule has 0 amide bonds. The topological polar surface area (TPSA) is 54.4 Å². The number of rotatable bonds is 5. The molecule has 0 atom stereocenters. The van der Waals surface area contributed by atoms with Gasteiger partial charge >= 0.3 is 5.97 Å². The Morgan fingerprint density at radius 2 is 1.70 bits per heavy atom. The lowest BCUT2D eigenvalue weighted by atomic mass is 9.99. The van der Waals surface area contributed by atoms with E-state index in [4.69, 9.17) is 5.11 Å². The molecule has 0 heterocycles. The molecule has 102 valence electrons.